The number of hydrogen-bond donors (Lipinski definition) is 2. The smallest absolute Gasteiger partial charge is 0.273 e. The number of amides is 1. The number of nitrogens with one attached hydrogen (secondary N) is 2. The zero-order valence-electron chi connectivity index (χ0n) is 7.13. The van der Waals surface area contributed by atoms with Crippen molar-refractivity contribution >= 4 is 5.91 Å². The van der Waals surface area contributed by atoms with E-state index in [2.05, 4.69) is 10.8 Å². The van der Waals surface area contributed by atoms with E-state index in [1.807, 2.05) is 0 Å². The van der Waals surface area contributed by atoms with Gasteiger partial charge in [0.25, 0.3) is 5.91 Å². The first kappa shape index (κ1) is 9.44. The van der Waals surface area contributed by atoms with Crippen LogP contribution in [-0.2, 0) is 14.4 Å². The van der Waals surface area contributed by atoms with Gasteiger partial charge in [-0.25, -0.2) is 5.48 Å². The van der Waals surface area contributed by atoms with E-state index in [9.17, 15) is 4.79 Å². The van der Waals surface area contributed by atoms with E-state index in [0.29, 0.717) is 19.8 Å². The largest absolute Gasteiger partial charge is 0.366 e. The van der Waals surface area contributed by atoms with E-state index >= 15 is 0 Å². The molecule has 70 valence electrons. The van der Waals surface area contributed by atoms with Gasteiger partial charge in [0.05, 0.1) is 13.2 Å². The van der Waals surface area contributed by atoms with Gasteiger partial charge in [-0.3, -0.25) is 9.63 Å². The van der Waals surface area contributed by atoms with Crippen molar-refractivity contribution in [1.82, 2.24) is 10.8 Å². The number of carbonyl (C=O) groups is 1. The van der Waals surface area contributed by atoms with Crippen LogP contribution in [0, 0.1) is 0 Å². The van der Waals surface area contributed by atoms with Gasteiger partial charge in [0, 0.05) is 13.1 Å². The zero-order chi connectivity index (χ0) is 8.81. The lowest BCUT2D eigenvalue weighted by Gasteiger charge is -2.22. The summed E-state index contributed by atoms with van der Waals surface area (Å²) in [5.41, 5.74) is 2.30. The van der Waals surface area contributed by atoms with Crippen LogP contribution in [0.25, 0.3) is 0 Å². The predicted octanol–water partition coefficient (Wildman–Crippen LogP) is -0.957. The molecule has 1 aliphatic heterocycles. The second-order valence-corrected chi connectivity index (χ2v) is 2.46. The number of carbonyl (C=O) groups excluding carboxylic acids is 1. The molecule has 1 heterocycles. The Labute approximate surface area is 71.4 Å². The third-order valence-corrected chi connectivity index (χ3v) is 1.54. The van der Waals surface area contributed by atoms with Crippen molar-refractivity contribution in [1.29, 1.82) is 0 Å². The van der Waals surface area contributed by atoms with E-state index in [1.54, 1.807) is 6.92 Å². The van der Waals surface area contributed by atoms with Gasteiger partial charge in [-0.15, -0.1) is 0 Å². The average Bonchev–Trinajstić information content (AvgIpc) is 2.15. The molecule has 0 bridgehead atoms. The molecule has 0 unspecified atom stereocenters. The van der Waals surface area contributed by atoms with E-state index in [0.717, 1.165) is 6.54 Å². The molecule has 5 heteroatoms. The van der Waals surface area contributed by atoms with E-state index in [-0.39, 0.29) is 5.91 Å². The Bertz CT molecular complexity index is 146. The fraction of sp³-hybridized carbons (Fsp3) is 0.857. The summed E-state index contributed by atoms with van der Waals surface area (Å²) in [7, 11) is 0. The van der Waals surface area contributed by atoms with Crippen LogP contribution in [0.3, 0.4) is 0 Å². The second kappa shape index (κ2) is 5.08. The minimum Gasteiger partial charge on any atom is -0.366 e. The van der Waals surface area contributed by atoms with Gasteiger partial charge in [-0.05, 0) is 6.92 Å². The molecule has 0 aromatic heterocycles. The molecule has 1 fully saturated rings. The van der Waals surface area contributed by atoms with Crippen LogP contribution in [0.2, 0.25) is 0 Å². The van der Waals surface area contributed by atoms with Crippen molar-refractivity contribution in [2.45, 2.75) is 13.0 Å². The van der Waals surface area contributed by atoms with Crippen LogP contribution in [-0.4, -0.2) is 38.3 Å². The molecule has 1 aliphatic rings. The summed E-state index contributed by atoms with van der Waals surface area (Å²) in [6, 6.07) is 0. The first-order valence-electron chi connectivity index (χ1n) is 4.08. The fourth-order valence-corrected chi connectivity index (χ4v) is 0.943. The van der Waals surface area contributed by atoms with Crippen LogP contribution in [0.5, 0.6) is 0 Å². The Morgan fingerprint density at radius 3 is 3.25 bits per heavy atom. The molecular weight excluding hydrogens is 160 g/mol. The number of rotatable bonds is 3. The minimum absolute atomic E-state index is 0.218. The van der Waals surface area contributed by atoms with Crippen LogP contribution < -0.4 is 10.8 Å². The maximum Gasteiger partial charge on any atom is 0.273 e. The van der Waals surface area contributed by atoms with Gasteiger partial charge in [0.15, 0.2) is 6.10 Å². The highest BCUT2D eigenvalue weighted by atomic mass is 16.7. The summed E-state index contributed by atoms with van der Waals surface area (Å²) in [6.07, 6.45) is -0.412. The van der Waals surface area contributed by atoms with Gasteiger partial charge in [-0.2, -0.15) is 0 Å². The third-order valence-electron chi connectivity index (χ3n) is 1.54. The lowest BCUT2D eigenvalue weighted by atomic mass is 10.3. The quantitative estimate of drug-likeness (QED) is 0.541. The molecule has 0 radical (unpaired) electrons. The van der Waals surface area contributed by atoms with Gasteiger partial charge in [-0.1, -0.05) is 0 Å². The summed E-state index contributed by atoms with van der Waals surface area (Å²) in [5, 5.41) is 3.05. The van der Waals surface area contributed by atoms with Crippen molar-refractivity contribution in [3.63, 3.8) is 0 Å². The molecule has 2 N–H and O–H groups in total. The van der Waals surface area contributed by atoms with Crippen molar-refractivity contribution in [2.24, 2.45) is 0 Å². The fourth-order valence-electron chi connectivity index (χ4n) is 0.943. The summed E-state index contributed by atoms with van der Waals surface area (Å²) < 4.78 is 5.18. The lowest BCUT2D eigenvalue weighted by Crippen LogP contribution is -2.47. The standard InChI is InChI=1S/C7H14N2O3/c1-2-12-9-7(10)6-5-8-3-4-11-6/h6,8H,2-5H2,1H3,(H,9,10)/t6-/m0/s1. The number of ether oxygens (including phenoxy) is 1. The summed E-state index contributed by atoms with van der Waals surface area (Å²) in [5.74, 6) is -0.218. The predicted molar refractivity (Wildman–Crippen MR) is 42.4 cm³/mol. The van der Waals surface area contributed by atoms with Crippen molar-refractivity contribution in [3.05, 3.63) is 0 Å². The first-order valence-corrected chi connectivity index (χ1v) is 4.08. The summed E-state index contributed by atoms with van der Waals surface area (Å²) in [6.45, 7) is 4.20. The molecule has 12 heavy (non-hydrogen) atoms. The molecule has 0 saturated carbocycles. The van der Waals surface area contributed by atoms with Crippen LogP contribution in [0.1, 0.15) is 6.92 Å². The monoisotopic (exact) mass is 174 g/mol. The van der Waals surface area contributed by atoms with Gasteiger partial charge in [0.1, 0.15) is 0 Å². The third kappa shape index (κ3) is 2.77. The highest BCUT2D eigenvalue weighted by molar-refractivity contribution is 5.80. The molecule has 1 rings (SSSR count). The normalized spacial score (nSPS) is 23.6. The van der Waals surface area contributed by atoms with Crippen LogP contribution in [0.4, 0.5) is 0 Å². The molecule has 1 atom stereocenters. The van der Waals surface area contributed by atoms with Crippen LogP contribution in [0.15, 0.2) is 0 Å². The van der Waals surface area contributed by atoms with Gasteiger partial charge in [0.2, 0.25) is 0 Å². The molecule has 0 aromatic rings. The van der Waals surface area contributed by atoms with Crippen LogP contribution >= 0.6 is 0 Å². The minimum atomic E-state index is -0.412. The van der Waals surface area contributed by atoms with E-state index in [1.165, 1.54) is 0 Å². The van der Waals surface area contributed by atoms with Crippen molar-refractivity contribution < 1.29 is 14.4 Å². The van der Waals surface area contributed by atoms with Gasteiger partial charge >= 0.3 is 0 Å². The molecule has 0 aromatic carbocycles. The Morgan fingerprint density at radius 1 is 1.83 bits per heavy atom. The number of hydrogen-bond acceptors (Lipinski definition) is 4. The Morgan fingerprint density at radius 2 is 2.67 bits per heavy atom. The average molecular weight is 174 g/mol. The number of hydroxylamine groups is 1. The molecule has 0 aliphatic carbocycles. The van der Waals surface area contributed by atoms with Crippen molar-refractivity contribution in [2.75, 3.05) is 26.3 Å². The first-order chi connectivity index (χ1) is 5.84. The molecule has 1 amide bonds. The highest BCUT2D eigenvalue weighted by Gasteiger charge is 2.21. The summed E-state index contributed by atoms with van der Waals surface area (Å²) in [4.78, 5) is 15.9. The van der Waals surface area contributed by atoms with Gasteiger partial charge < -0.3 is 10.1 Å². The Hall–Kier alpha value is -0.650. The topological polar surface area (TPSA) is 59.6 Å². The highest BCUT2D eigenvalue weighted by Crippen LogP contribution is 1.95. The number of morpholine rings is 1. The molecule has 0 spiro atoms. The summed E-state index contributed by atoms with van der Waals surface area (Å²) >= 11 is 0. The maximum atomic E-state index is 11.2. The Balaban J connectivity index is 2.20. The second-order valence-electron chi connectivity index (χ2n) is 2.46. The van der Waals surface area contributed by atoms with E-state index < -0.39 is 6.10 Å². The molecule has 5 nitrogen and oxygen atoms in total. The van der Waals surface area contributed by atoms with Crippen molar-refractivity contribution in [3.8, 4) is 0 Å². The Kier molecular flexibility index (Phi) is 3.99. The SMILES string of the molecule is CCONC(=O)[C@@H]1CNCCO1. The maximum absolute atomic E-state index is 11.2. The lowest BCUT2D eigenvalue weighted by molar-refractivity contribution is -0.146. The molecular formula is C7H14N2O3. The molecule has 1 saturated heterocycles. The van der Waals surface area contributed by atoms with E-state index in [4.69, 9.17) is 9.57 Å². The zero-order valence-corrected chi connectivity index (χ0v) is 7.13.